The highest BCUT2D eigenvalue weighted by atomic mass is 35.5. The van der Waals surface area contributed by atoms with Gasteiger partial charge in [0.25, 0.3) is 5.91 Å². The number of hydrogen-bond donors (Lipinski definition) is 1. The molecule has 0 aromatic heterocycles. The van der Waals surface area contributed by atoms with E-state index < -0.39 is 0 Å². The van der Waals surface area contributed by atoms with E-state index >= 15 is 0 Å². The van der Waals surface area contributed by atoms with Crippen LogP contribution >= 0.6 is 34.8 Å². The Bertz CT molecular complexity index is 1080. The summed E-state index contributed by atoms with van der Waals surface area (Å²) in [6.45, 7) is 0.208. The Balaban J connectivity index is 1.88. The third kappa shape index (κ3) is 4.91. The molecule has 0 saturated heterocycles. The molecule has 0 fully saturated rings. The average molecular weight is 449 g/mol. The molecule has 0 aliphatic rings. The lowest BCUT2D eigenvalue weighted by Crippen LogP contribution is -2.23. The summed E-state index contributed by atoms with van der Waals surface area (Å²) in [5, 5.41) is 4.07. The Morgan fingerprint density at radius 3 is 2.48 bits per heavy atom. The summed E-state index contributed by atoms with van der Waals surface area (Å²) in [7, 11) is 1.55. The summed E-state index contributed by atoms with van der Waals surface area (Å²) in [5.74, 6) is 0.277. The zero-order valence-electron chi connectivity index (χ0n) is 15.3. The van der Waals surface area contributed by atoms with Crippen LogP contribution in [-0.4, -0.2) is 19.3 Å². The zero-order valence-corrected chi connectivity index (χ0v) is 17.6. The molecule has 0 atom stereocenters. The van der Waals surface area contributed by atoms with Gasteiger partial charge in [-0.15, -0.1) is 0 Å². The van der Waals surface area contributed by atoms with Gasteiger partial charge in [-0.25, -0.2) is 0 Å². The Morgan fingerprint density at radius 2 is 1.79 bits per heavy atom. The minimum atomic E-state index is -0.333. The van der Waals surface area contributed by atoms with Gasteiger partial charge in [0.1, 0.15) is 12.0 Å². The first kappa shape index (κ1) is 21.2. The first-order valence-electron chi connectivity index (χ1n) is 8.58. The van der Waals surface area contributed by atoms with E-state index in [0.29, 0.717) is 32.5 Å². The molecule has 7 heteroatoms. The lowest BCUT2D eigenvalue weighted by atomic mass is 10.0. The maximum Gasteiger partial charge on any atom is 0.253 e. The normalized spacial score (nSPS) is 10.5. The molecule has 3 rings (SSSR count). The van der Waals surface area contributed by atoms with Gasteiger partial charge in [-0.05, 0) is 48.0 Å². The standard InChI is InChI=1S/C22H16Cl3NO3/c1-29-21-7-3-14(18-8-13(12-27)2-6-19(18)24)9-15(21)11-26-22(28)17-5-4-16(23)10-20(17)25/h2-10,12H,11H2,1H3,(H,26,28). The second-order valence-electron chi connectivity index (χ2n) is 6.19. The minimum absolute atomic E-state index is 0.208. The van der Waals surface area contributed by atoms with Gasteiger partial charge in [-0.1, -0.05) is 46.9 Å². The zero-order chi connectivity index (χ0) is 21.0. The number of methoxy groups -OCH3 is 1. The van der Waals surface area contributed by atoms with Crippen LogP contribution in [0.1, 0.15) is 26.3 Å². The summed E-state index contributed by atoms with van der Waals surface area (Å²) in [6, 6.07) is 15.2. The first-order valence-corrected chi connectivity index (χ1v) is 9.71. The molecule has 29 heavy (non-hydrogen) atoms. The maximum absolute atomic E-state index is 12.5. The number of hydrogen-bond acceptors (Lipinski definition) is 3. The second-order valence-corrected chi connectivity index (χ2v) is 7.44. The summed E-state index contributed by atoms with van der Waals surface area (Å²) >= 11 is 18.3. The van der Waals surface area contributed by atoms with Gasteiger partial charge in [0.05, 0.1) is 17.7 Å². The Morgan fingerprint density at radius 1 is 1.00 bits per heavy atom. The molecule has 0 heterocycles. The Kier molecular flexibility index (Phi) is 6.80. The van der Waals surface area contributed by atoms with Crippen molar-refractivity contribution in [1.29, 1.82) is 0 Å². The number of benzene rings is 3. The SMILES string of the molecule is COc1ccc(-c2cc(C=O)ccc2Cl)cc1CNC(=O)c1ccc(Cl)cc1Cl. The minimum Gasteiger partial charge on any atom is -0.496 e. The third-order valence-electron chi connectivity index (χ3n) is 4.33. The number of rotatable bonds is 6. The Hall–Kier alpha value is -2.53. The van der Waals surface area contributed by atoms with Crippen LogP contribution in [0.4, 0.5) is 0 Å². The van der Waals surface area contributed by atoms with E-state index in [1.807, 2.05) is 12.1 Å². The molecule has 0 unspecified atom stereocenters. The summed E-state index contributed by atoms with van der Waals surface area (Å²) in [6.07, 6.45) is 0.764. The predicted molar refractivity (Wildman–Crippen MR) is 116 cm³/mol. The smallest absolute Gasteiger partial charge is 0.253 e. The number of amides is 1. The quantitative estimate of drug-likeness (QED) is 0.466. The lowest BCUT2D eigenvalue weighted by Gasteiger charge is -2.13. The van der Waals surface area contributed by atoms with Gasteiger partial charge >= 0.3 is 0 Å². The topological polar surface area (TPSA) is 55.4 Å². The summed E-state index contributed by atoms with van der Waals surface area (Å²) in [4.78, 5) is 23.6. The molecule has 1 N–H and O–H groups in total. The van der Waals surface area contributed by atoms with E-state index in [2.05, 4.69) is 5.32 Å². The van der Waals surface area contributed by atoms with E-state index in [1.54, 1.807) is 43.5 Å². The fourth-order valence-corrected chi connectivity index (χ4v) is 3.59. The third-order valence-corrected chi connectivity index (χ3v) is 5.21. The van der Waals surface area contributed by atoms with Crippen LogP contribution in [0.15, 0.2) is 54.6 Å². The number of ether oxygens (including phenoxy) is 1. The summed E-state index contributed by atoms with van der Waals surface area (Å²) in [5.41, 5.74) is 3.11. The van der Waals surface area contributed by atoms with Crippen LogP contribution in [0.3, 0.4) is 0 Å². The van der Waals surface area contributed by atoms with E-state index in [9.17, 15) is 9.59 Å². The molecule has 3 aromatic rings. The molecule has 3 aromatic carbocycles. The van der Waals surface area contributed by atoms with Crippen LogP contribution in [0.25, 0.3) is 11.1 Å². The number of aldehydes is 1. The molecule has 0 saturated carbocycles. The van der Waals surface area contributed by atoms with E-state index in [-0.39, 0.29) is 17.5 Å². The number of halogens is 3. The highest BCUT2D eigenvalue weighted by Gasteiger charge is 2.13. The van der Waals surface area contributed by atoms with Crippen molar-refractivity contribution in [3.8, 4) is 16.9 Å². The number of nitrogens with one attached hydrogen (secondary N) is 1. The molecular formula is C22H16Cl3NO3. The summed E-state index contributed by atoms with van der Waals surface area (Å²) < 4.78 is 5.40. The molecule has 0 spiro atoms. The maximum atomic E-state index is 12.5. The van der Waals surface area contributed by atoms with E-state index in [1.165, 1.54) is 6.07 Å². The monoisotopic (exact) mass is 447 g/mol. The number of carbonyl (C=O) groups is 2. The van der Waals surface area contributed by atoms with Crippen LogP contribution in [0.5, 0.6) is 5.75 Å². The highest BCUT2D eigenvalue weighted by molar-refractivity contribution is 6.36. The van der Waals surface area contributed by atoms with E-state index in [4.69, 9.17) is 39.5 Å². The fraction of sp³-hybridized carbons (Fsp3) is 0.0909. The Labute approximate surface area is 183 Å². The number of carbonyl (C=O) groups excluding carboxylic acids is 2. The van der Waals surface area contributed by atoms with Gasteiger partial charge in [0.15, 0.2) is 0 Å². The van der Waals surface area contributed by atoms with Crippen molar-refractivity contribution in [2.45, 2.75) is 6.54 Å². The van der Waals surface area contributed by atoms with Crippen molar-refractivity contribution >= 4 is 47.0 Å². The molecule has 0 radical (unpaired) electrons. The van der Waals surface area contributed by atoms with Crippen LogP contribution in [-0.2, 0) is 6.54 Å². The van der Waals surface area contributed by atoms with Crippen molar-refractivity contribution in [3.63, 3.8) is 0 Å². The van der Waals surface area contributed by atoms with E-state index in [0.717, 1.165) is 17.4 Å². The van der Waals surface area contributed by atoms with Gasteiger partial charge in [-0.3, -0.25) is 9.59 Å². The molecule has 0 aliphatic carbocycles. The van der Waals surface area contributed by atoms with Crippen LogP contribution < -0.4 is 10.1 Å². The van der Waals surface area contributed by atoms with Crippen molar-refractivity contribution in [2.75, 3.05) is 7.11 Å². The van der Waals surface area contributed by atoms with Crippen LogP contribution in [0.2, 0.25) is 15.1 Å². The van der Waals surface area contributed by atoms with Crippen LogP contribution in [0, 0.1) is 0 Å². The molecular weight excluding hydrogens is 433 g/mol. The predicted octanol–water partition coefficient (Wildman–Crippen LogP) is 6.06. The van der Waals surface area contributed by atoms with Gasteiger partial charge in [-0.2, -0.15) is 0 Å². The van der Waals surface area contributed by atoms with Crippen molar-refractivity contribution in [1.82, 2.24) is 5.32 Å². The lowest BCUT2D eigenvalue weighted by molar-refractivity contribution is 0.0950. The largest absolute Gasteiger partial charge is 0.496 e. The van der Waals surface area contributed by atoms with Crippen molar-refractivity contribution in [3.05, 3.63) is 86.4 Å². The second kappa shape index (κ2) is 9.31. The van der Waals surface area contributed by atoms with Gasteiger partial charge < -0.3 is 10.1 Å². The van der Waals surface area contributed by atoms with Crippen molar-refractivity contribution < 1.29 is 14.3 Å². The average Bonchev–Trinajstić information content (AvgIpc) is 2.72. The first-order chi connectivity index (χ1) is 13.9. The molecule has 0 aliphatic heterocycles. The molecule has 148 valence electrons. The van der Waals surface area contributed by atoms with Gasteiger partial charge in [0, 0.05) is 33.3 Å². The molecule has 1 amide bonds. The molecule has 4 nitrogen and oxygen atoms in total. The fourth-order valence-electron chi connectivity index (χ4n) is 2.87. The molecule has 0 bridgehead atoms. The van der Waals surface area contributed by atoms with Crippen molar-refractivity contribution in [2.24, 2.45) is 0 Å². The highest BCUT2D eigenvalue weighted by Crippen LogP contribution is 2.32. The van der Waals surface area contributed by atoms with Gasteiger partial charge in [0.2, 0.25) is 0 Å².